The first-order valence-electron chi connectivity index (χ1n) is 12.0. The standard InChI is InChI=1S/C26H28N6O2S/c1-13-8-15(10-27)31-22(21(13)30-14-4-6-28-11-14)17-5-7-29-18-9-16(35-23(17)18)12-32-24(33)19-20(25(32)34)26(19,2)3/h5,7-9,14,19-20,24,28,30,33H,4,6,11-12H2,1-3H3. The maximum atomic E-state index is 12.9. The molecule has 0 spiro atoms. The van der Waals surface area contributed by atoms with Crippen LogP contribution in [0.1, 0.15) is 36.4 Å². The van der Waals surface area contributed by atoms with Gasteiger partial charge in [-0.2, -0.15) is 5.26 Å². The van der Waals surface area contributed by atoms with Gasteiger partial charge in [-0.25, -0.2) is 4.98 Å². The monoisotopic (exact) mass is 488 g/mol. The van der Waals surface area contributed by atoms with E-state index in [0.717, 1.165) is 57.1 Å². The number of hydrogen-bond acceptors (Lipinski definition) is 8. The molecule has 8 nitrogen and oxygen atoms in total. The van der Waals surface area contributed by atoms with Gasteiger partial charge in [0.15, 0.2) is 0 Å². The van der Waals surface area contributed by atoms with Crippen LogP contribution in [-0.2, 0) is 11.3 Å². The Kier molecular flexibility index (Phi) is 5.11. The number of aliphatic hydroxyl groups excluding tert-OH is 1. The normalized spacial score (nSPS) is 26.7. The molecule has 1 saturated carbocycles. The third-order valence-corrected chi connectivity index (χ3v) is 9.03. The molecular weight excluding hydrogens is 460 g/mol. The van der Waals surface area contributed by atoms with E-state index in [1.807, 2.05) is 39.0 Å². The van der Waals surface area contributed by atoms with Crippen LogP contribution < -0.4 is 10.6 Å². The summed E-state index contributed by atoms with van der Waals surface area (Å²) in [4.78, 5) is 24.7. The molecule has 3 aromatic heterocycles. The average molecular weight is 489 g/mol. The van der Waals surface area contributed by atoms with E-state index in [1.165, 1.54) is 0 Å². The molecule has 3 aliphatic rings. The van der Waals surface area contributed by atoms with Crippen LogP contribution in [0.5, 0.6) is 0 Å². The Morgan fingerprint density at radius 1 is 1.40 bits per heavy atom. The maximum absolute atomic E-state index is 12.9. The van der Waals surface area contributed by atoms with Crippen molar-refractivity contribution in [3.8, 4) is 17.3 Å². The van der Waals surface area contributed by atoms with Crippen molar-refractivity contribution in [3.63, 3.8) is 0 Å². The second-order valence-corrected chi connectivity index (χ2v) is 11.6. The first-order chi connectivity index (χ1) is 16.8. The van der Waals surface area contributed by atoms with E-state index in [1.54, 1.807) is 22.4 Å². The summed E-state index contributed by atoms with van der Waals surface area (Å²) in [5.41, 5.74) is 4.66. The predicted molar refractivity (Wildman–Crippen MR) is 135 cm³/mol. The number of nitriles is 1. The van der Waals surface area contributed by atoms with E-state index < -0.39 is 6.23 Å². The van der Waals surface area contributed by atoms with Crippen molar-refractivity contribution in [3.05, 3.63) is 40.5 Å². The molecule has 1 aliphatic carbocycles. The number of thiophene rings is 1. The fourth-order valence-corrected chi connectivity index (χ4v) is 7.02. The molecule has 9 heteroatoms. The van der Waals surface area contributed by atoms with Gasteiger partial charge in [-0.1, -0.05) is 13.8 Å². The van der Waals surface area contributed by atoms with Crippen molar-refractivity contribution in [2.75, 3.05) is 18.4 Å². The van der Waals surface area contributed by atoms with Crippen molar-refractivity contribution in [1.82, 2.24) is 20.2 Å². The molecule has 2 saturated heterocycles. The van der Waals surface area contributed by atoms with E-state index in [2.05, 4.69) is 21.7 Å². The smallest absolute Gasteiger partial charge is 0.229 e. The molecular formula is C26H28N6O2S. The molecule has 4 unspecified atom stereocenters. The Hall–Kier alpha value is -3.06. The summed E-state index contributed by atoms with van der Waals surface area (Å²) in [6.45, 7) is 8.33. The molecule has 0 bridgehead atoms. The van der Waals surface area contributed by atoms with Crippen LogP contribution in [0.15, 0.2) is 24.4 Å². The molecule has 6 rings (SSSR count). The molecule has 35 heavy (non-hydrogen) atoms. The molecule has 0 aromatic carbocycles. The number of pyridine rings is 2. The predicted octanol–water partition coefficient (Wildman–Crippen LogP) is 3.25. The molecule has 3 aromatic rings. The zero-order valence-electron chi connectivity index (χ0n) is 20.0. The highest BCUT2D eigenvalue weighted by Gasteiger charge is 2.71. The van der Waals surface area contributed by atoms with Crippen molar-refractivity contribution in [2.45, 2.75) is 46.0 Å². The average Bonchev–Trinajstić information content (AvgIpc) is 3.29. The number of carbonyl (C=O) groups is 1. The van der Waals surface area contributed by atoms with Crippen LogP contribution in [-0.4, -0.2) is 51.2 Å². The van der Waals surface area contributed by atoms with Crippen molar-refractivity contribution in [1.29, 1.82) is 5.26 Å². The zero-order valence-corrected chi connectivity index (χ0v) is 20.8. The van der Waals surface area contributed by atoms with Crippen molar-refractivity contribution in [2.24, 2.45) is 17.3 Å². The van der Waals surface area contributed by atoms with E-state index >= 15 is 0 Å². The Morgan fingerprint density at radius 3 is 2.91 bits per heavy atom. The van der Waals surface area contributed by atoms with Crippen LogP contribution in [0.25, 0.3) is 21.5 Å². The van der Waals surface area contributed by atoms with Gasteiger partial charge in [0.1, 0.15) is 18.0 Å². The van der Waals surface area contributed by atoms with E-state index in [-0.39, 0.29) is 23.2 Å². The van der Waals surface area contributed by atoms with Gasteiger partial charge in [0.05, 0.1) is 34.1 Å². The van der Waals surface area contributed by atoms with Crippen LogP contribution >= 0.6 is 11.3 Å². The number of piperidine rings is 1. The SMILES string of the molecule is Cc1cc(C#N)nc(-c2ccnc3cc(CN4C(=O)C5C(C4O)C5(C)C)sc23)c1NC1CCNC1. The lowest BCUT2D eigenvalue weighted by Crippen LogP contribution is -2.38. The summed E-state index contributed by atoms with van der Waals surface area (Å²) in [5.74, 6) is -0.0355. The number of hydrogen-bond donors (Lipinski definition) is 3. The quantitative estimate of drug-likeness (QED) is 0.505. The van der Waals surface area contributed by atoms with Crippen LogP contribution in [0.2, 0.25) is 0 Å². The number of carbonyl (C=O) groups excluding carboxylic acids is 1. The van der Waals surface area contributed by atoms with E-state index in [0.29, 0.717) is 18.3 Å². The zero-order chi connectivity index (χ0) is 24.5. The number of nitrogens with one attached hydrogen (secondary N) is 2. The fraction of sp³-hybridized carbons (Fsp3) is 0.462. The van der Waals surface area contributed by atoms with E-state index in [9.17, 15) is 15.2 Å². The van der Waals surface area contributed by atoms with Crippen LogP contribution in [0.4, 0.5) is 5.69 Å². The lowest BCUT2D eigenvalue weighted by atomic mass is 10.0. The second kappa shape index (κ2) is 7.98. The number of rotatable bonds is 5. The number of nitrogens with zero attached hydrogens (tertiary/aromatic N) is 4. The largest absolute Gasteiger partial charge is 0.379 e. The van der Waals surface area contributed by atoms with Gasteiger partial charge >= 0.3 is 0 Å². The third-order valence-electron chi connectivity index (χ3n) is 7.88. The van der Waals surface area contributed by atoms with Crippen LogP contribution in [0, 0.1) is 35.5 Å². The van der Waals surface area contributed by atoms with Gasteiger partial charge in [0.25, 0.3) is 0 Å². The maximum Gasteiger partial charge on any atom is 0.229 e. The van der Waals surface area contributed by atoms with Crippen molar-refractivity contribution < 1.29 is 9.90 Å². The summed E-state index contributed by atoms with van der Waals surface area (Å²) < 4.78 is 0.962. The molecule has 180 valence electrons. The summed E-state index contributed by atoms with van der Waals surface area (Å²) in [5, 5.41) is 27.4. The number of aromatic nitrogens is 2. The lowest BCUT2D eigenvalue weighted by Gasteiger charge is -2.26. The fourth-order valence-electron chi connectivity index (χ4n) is 5.89. The molecule has 3 fully saturated rings. The molecule has 0 radical (unpaired) electrons. The molecule has 3 N–H and O–H groups in total. The first-order valence-corrected chi connectivity index (χ1v) is 12.9. The Bertz CT molecular complexity index is 1390. The summed E-state index contributed by atoms with van der Waals surface area (Å²) >= 11 is 1.57. The highest BCUT2D eigenvalue weighted by atomic mass is 32.1. The Morgan fingerprint density at radius 2 is 2.23 bits per heavy atom. The minimum Gasteiger partial charge on any atom is -0.379 e. The number of anilines is 1. The summed E-state index contributed by atoms with van der Waals surface area (Å²) in [7, 11) is 0. The van der Waals surface area contributed by atoms with Gasteiger partial charge < -0.3 is 20.6 Å². The number of aryl methyl sites for hydroxylation is 1. The topological polar surface area (TPSA) is 114 Å². The van der Waals surface area contributed by atoms with Gasteiger partial charge in [0, 0.05) is 35.1 Å². The summed E-state index contributed by atoms with van der Waals surface area (Å²) in [6, 6.07) is 8.25. The molecule has 1 amide bonds. The van der Waals surface area contributed by atoms with Gasteiger partial charge in [0.2, 0.25) is 5.91 Å². The lowest BCUT2D eigenvalue weighted by molar-refractivity contribution is -0.140. The van der Waals surface area contributed by atoms with Crippen LogP contribution in [0.3, 0.4) is 0 Å². The number of aliphatic hydroxyl groups is 1. The third kappa shape index (κ3) is 3.51. The molecule has 2 aliphatic heterocycles. The first kappa shape index (κ1) is 22.4. The number of amides is 1. The van der Waals surface area contributed by atoms with Gasteiger partial charge in [-0.3, -0.25) is 9.78 Å². The minimum atomic E-state index is -0.743. The number of fused-ring (bicyclic) bond motifs is 2. The molecule has 5 heterocycles. The summed E-state index contributed by atoms with van der Waals surface area (Å²) in [6.07, 6.45) is 2.05. The van der Waals surface area contributed by atoms with Gasteiger partial charge in [-0.15, -0.1) is 11.3 Å². The number of likely N-dealkylation sites (tertiary alicyclic amines) is 1. The minimum absolute atomic E-state index is 0.0117. The van der Waals surface area contributed by atoms with Crippen molar-refractivity contribution >= 4 is 33.1 Å². The van der Waals surface area contributed by atoms with Gasteiger partial charge in [-0.05, 0) is 49.1 Å². The second-order valence-electron chi connectivity index (χ2n) is 10.5. The van der Waals surface area contributed by atoms with E-state index in [4.69, 9.17) is 4.98 Å². The molecule has 4 atom stereocenters. The Labute approximate surface area is 208 Å². The highest BCUT2D eigenvalue weighted by Crippen LogP contribution is 2.65. The highest BCUT2D eigenvalue weighted by molar-refractivity contribution is 7.19. The Balaban J connectivity index is 1.38.